The molecule has 0 bridgehead atoms. The van der Waals surface area contributed by atoms with Gasteiger partial charge in [-0.15, -0.1) is 0 Å². The second-order valence-electron chi connectivity index (χ2n) is 3.72. The van der Waals surface area contributed by atoms with Crippen LogP contribution in [0, 0.1) is 5.92 Å². The molecule has 0 fully saturated rings. The molecule has 0 radical (unpaired) electrons. The first kappa shape index (κ1) is 12.5. The molecule has 2 nitrogen and oxygen atoms in total. The van der Waals surface area contributed by atoms with Gasteiger partial charge in [-0.1, -0.05) is 13.8 Å². The zero-order valence-corrected chi connectivity index (χ0v) is 8.93. The molecular formula is C11H12F3NO. The summed E-state index contributed by atoms with van der Waals surface area (Å²) < 4.78 is 36.7. The molecule has 1 N–H and O–H groups in total. The Bertz CT molecular complexity index is 368. The molecule has 0 aliphatic rings. The van der Waals surface area contributed by atoms with Crippen molar-refractivity contribution in [1.82, 2.24) is 0 Å². The number of halogens is 3. The highest BCUT2D eigenvalue weighted by Gasteiger charge is 2.29. The van der Waals surface area contributed by atoms with Gasteiger partial charge in [0.2, 0.25) is 5.91 Å². The van der Waals surface area contributed by atoms with Crippen LogP contribution in [-0.4, -0.2) is 5.91 Å². The number of benzene rings is 1. The fourth-order valence-electron chi connectivity index (χ4n) is 1.03. The molecule has 0 saturated carbocycles. The van der Waals surface area contributed by atoms with E-state index in [9.17, 15) is 18.0 Å². The fraction of sp³-hybridized carbons (Fsp3) is 0.364. The zero-order valence-electron chi connectivity index (χ0n) is 8.93. The third-order valence-corrected chi connectivity index (χ3v) is 2.00. The molecule has 88 valence electrons. The van der Waals surface area contributed by atoms with Crippen molar-refractivity contribution < 1.29 is 18.0 Å². The van der Waals surface area contributed by atoms with E-state index in [4.69, 9.17) is 0 Å². The maximum atomic E-state index is 12.2. The summed E-state index contributed by atoms with van der Waals surface area (Å²) in [6, 6.07) is 4.36. The normalized spacial score (nSPS) is 11.6. The average molecular weight is 231 g/mol. The van der Waals surface area contributed by atoms with Crippen molar-refractivity contribution in [2.24, 2.45) is 5.92 Å². The number of carbonyl (C=O) groups is 1. The van der Waals surface area contributed by atoms with Crippen LogP contribution in [0.4, 0.5) is 18.9 Å². The van der Waals surface area contributed by atoms with Gasteiger partial charge in [-0.25, -0.2) is 0 Å². The van der Waals surface area contributed by atoms with Crippen LogP contribution >= 0.6 is 0 Å². The molecule has 0 aliphatic carbocycles. The molecular weight excluding hydrogens is 219 g/mol. The van der Waals surface area contributed by atoms with Crippen molar-refractivity contribution in [3.05, 3.63) is 29.8 Å². The molecule has 0 atom stereocenters. The van der Waals surface area contributed by atoms with Gasteiger partial charge in [-0.05, 0) is 24.3 Å². The lowest BCUT2D eigenvalue weighted by molar-refractivity contribution is -0.137. The van der Waals surface area contributed by atoms with Crippen LogP contribution in [0.1, 0.15) is 19.4 Å². The minimum Gasteiger partial charge on any atom is -0.326 e. The Kier molecular flexibility index (Phi) is 3.57. The Hall–Kier alpha value is -1.52. The van der Waals surface area contributed by atoms with Gasteiger partial charge in [0.15, 0.2) is 0 Å². The van der Waals surface area contributed by atoms with Gasteiger partial charge in [0.05, 0.1) is 5.56 Å². The van der Waals surface area contributed by atoms with Crippen LogP contribution in [-0.2, 0) is 11.0 Å². The van der Waals surface area contributed by atoms with E-state index in [-0.39, 0.29) is 11.8 Å². The molecule has 0 saturated heterocycles. The fourth-order valence-corrected chi connectivity index (χ4v) is 1.03. The van der Waals surface area contributed by atoms with Gasteiger partial charge in [0.1, 0.15) is 0 Å². The summed E-state index contributed by atoms with van der Waals surface area (Å²) in [6.07, 6.45) is -4.35. The lowest BCUT2D eigenvalue weighted by atomic mass is 10.1. The Balaban J connectivity index is 2.76. The van der Waals surface area contributed by atoms with Crippen LogP contribution in [0.25, 0.3) is 0 Å². The number of carbonyl (C=O) groups excluding carboxylic acids is 1. The van der Waals surface area contributed by atoms with E-state index < -0.39 is 11.7 Å². The number of rotatable bonds is 2. The maximum Gasteiger partial charge on any atom is 0.416 e. The van der Waals surface area contributed by atoms with Crippen molar-refractivity contribution in [1.29, 1.82) is 0 Å². The summed E-state index contributed by atoms with van der Waals surface area (Å²) in [4.78, 5) is 11.3. The maximum absolute atomic E-state index is 12.2. The summed E-state index contributed by atoms with van der Waals surface area (Å²) in [7, 11) is 0. The smallest absolute Gasteiger partial charge is 0.326 e. The van der Waals surface area contributed by atoms with Crippen LogP contribution < -0.4 is 5.32 Å². The SMILES string of the molecule is CC(C)C(=O)Nc1ccc(C(F)(F)F)cc1. The summed E-state index contributed by atoms with van der Waals surface area (Å²) in [5.74, 6) is -0.429. The van der Waals surface area contributed by atoms with Crippen molar-refractivity contribution in [2.75, 3.05) is 5.32 Å². The third kappa shape index (κ3) is 3.25. The lowest BCUT2D eigenvalue weighted by Crippen LogP contribution is -2.17. The third-order valence-electron chi connectivity index (χ3n) is 2.00. The molecule has 1 aromatic rings. The standard InChI is InChI=1S/C11H12F3NO/c1-7(2)10(16)15-9-5-3-8(4-6-9)11(12,13)14/h3-7H,1-2H3,(H,15,16). The Morgan fingerprint density at radius 3 is 2.06 bits per heavy atom. The topological polar surface area (TPSA) is 29.1 Å². The van der Waals surface area contributed by atoms with Crippen LogP contribution in [0.2, 0.25) is 0 Å². The van der Waals surface area contributed by atoms with E-state index in [1.54, 1.807) is 13.8 Å². The molecule has 1 aromatic carbocycles. The van der Waals surface area contributed by atoms with Crippen molar-refractivity contribution in [3.63, 3.8) is 0 Å². The monoisotopic (exact) mass is 231 g/mol. The van der Waals surface area contributed by atoms with E-state index in [0.29, 0.717) is 5.69 Å². The number of hydrogen-bond donors (Lipinski definition) is 1. The summed E-state index contributed by atoms with van der Waals surface area (Å²) >= 11 is 0. The second-order valence-corrected chi connectivity index (χ2v) is 3.72. The number of nitrogens with one attached hydrogen (secondary N) is 1. The first-order valence-corrected chi connectivity index (χ1v) is 4.79. The van der Waals surface area contributed by atoms with E-state index >= 15 is 0 Å². The number of alkyl halides is 3. The summed E-state index contributed by atoms with van der Waals surface area (Å²) in [5, 5.41) is 2.51. The molecule has 0 aliphatic heterocycles. The predicted molar refractivity (Wildman–Crippen MR) is 54.9 cm³/mol. The quantitative estimate of drug-likeness (QED) is 0.831. The van der Waals surface area contributed by atoms with E-state index in [1.807, 2.05) is 0 Å². The van der Waals surface area contributed by atoms with Crippen LogP contribution in [0.3, 0.4) is 0 Å². The molecule has 0 spiro atoms. The van der Waals surface area contributed by atoms with Gasteiger partial charge in [0.25, 0.3) is 0 Å². The molecule has 5 heteroatoms. The summed E-state index contributed by atoms with van der Waals surface area (Å²) in [6.45, 7) is 3.42. The van der Waals surface area contributed by atoms with Gasteiger partial charge in [-0.3, -0.25) is 4.79 Å². The first-order chi connectivity index (χ1) is 7.30. The molecule has 0 aromatic heterocycles. The largest absolute Gasteiger partial charge is 0.416 e. The highest BCUT2D eigenvalue weighted by atomic mass is 19.4. The average Bonchev–Trinajstić information content (AvgIpc) is 2.17. The number of hydrogen-bond acceptors (Lipinski definition) is 1. The molecule has 16 heavy (non-hydrogen) atoms. The van der Waals surface area contributed by atoms with E-state index in [0.717, 1.165) is 12.1 Å². The van der Waals surface area contributed by atoms with Crippen molar-refractivity contribution in [3.8, 4) is 0 Å². The minimum atomic E-state index is -4.35. The number of anilines is 1. The van der Waals surface area contributed by atoms with Crippen LogP contribution in [0.15, 0.2) is 24.3 Å². The van der Waals surface area contributed by atoms with Crippen molar-refractivity contribution >= 4 is 11.6 Å². The zero-order chi connectivity index (χ0) is 12.3. The molecule has 1 amide bonds. The summed E-state index contributed by atoms with van der Waals surface area (Å²) in [5.41, 5.74) is -0.359. The Labute approximate surface area is 91.5 Å². The number of amides is 1. The van der Waals surface area contributed by atoms with Gasteiger partial charge < -0.3 is 5.32 Å². The predicted octanol–water partition coefficient (Wildman–Crippen LogP) is 3.30. The van der Waals surface area contributed by atoms with E-state index in [2.05, 4.69) is 5.32 Å². The van der Waals surface area contributed by atoms with Crippen LogP contribution in [0.5, 0.6) is 0 Å². The highest BCUT2D eigenvalue weighted by molar-refractivity contribution is 5.92. The second kappa shape index (κ2) is 4.55. The highest BCUT2D eigenvalue weighted by Crippen LogP contribution is 2.29. The Morgan fingerprint density at radius 2 is 1.69 bits per heavy atom. The molecule has 0 heterocycles. The van der Waals surface area contributed by atoms with Gasteiger partial charge in [0, 0.05) is 11.6 Å². The lowest BCUT2D eigenvalue weighted by Gasteiger charge is -2.09. The molecule has 1 rings (SSSR count). The molecule has 0 unspecified atom stereocenters. The van der Waals surface area contributed by atoms with Crippen molar-refractivity contribution in [2.45, 2.75) is 20.0 Å². The first-order valence-electron chi connectivity index (χ1n) is 4.79. The minimum absolute atomic E-state index is 0.206. The Morgan fingerprint density at radius 1 is 1.19 bits per heavy atom. The van der Waals surface area contributed by atoms with E-state index in [1.165, 1.54) is 12.1 Å². The van der Waals surface area contributed by atoms with Gasteiger partial charge >= 0.3 is 6.18 Å². The van der Waals surface area contributed by atoms with Gasteiger partial charge in [-0.2, -0.15) is 13.2 Å².